The van der Waals surface area contributed by atoms with Crippen molar-refractivity contribution < 1.29 is 12.8 Å². The van der Waals surface area contributed by atoms with Gasteiger partial charge in [0.05, 0.1) is 4.90 Å². The van der Waals surface area contributed by atoms with Gasteiger partial charge in [-0.15, -0.1) is 0 Å². The largest absolute Gasteiger partial charge is 0.398 e. The third-order valence-corrected chi connectivity index (χ3v) is 6.49. The minimum Gasteiger partial charge on any atom is -0.398 e. The molecule has 1 atom stereocenters. The molecule has 1 aliphatic heterocycles. The van der Waals surface area contributed by atoms with E-state index in [1.54, 1.807) is 42.5 Å². The lowest BCUT2D eigenvalue weighted by molar-refractivity contribution is 0.255. The Labute approximate surface area is 147 Å². The molecular formula is C18H22FN3O2S. The van der Waals surface area contributed by atoms with Crippen molar-refractivity contribution >= 4 is 15.7 Å². The molecule has 1 saturated heterocycles. The molecule has 3 N–H and O–H groups in total. The quantitative estimate of drug-likeness (QED) is 0.797. The number of hydrogen-bond donors (Lipinski definition) is 2. The van der Waals surface area contributed by atoms with Gasteiger partial charge in [-0.3, -0.25) is 0 Å². The van der Waals surface area contributed by atoms with Crippen molar-refractivity contribution in [3.05, 3.63) is 59.9 Å². The zero-order valence-corrected chi connectivity index (χ0v) is 14.7. The van der Waals surface area contributed by atoms with Crippen LogP contribution in [0.3, 0.4) is 0 Å². The average molecular weight is 363 g/mol. The number of nitrogens with two attached hydrogens (primary N) is 1. The van der Waals surface area contributed by atoms with E-state index in [2.05, 4.69) is 5.32 Å². The molecule has 1 fully saturated rings. The summed E-state index contributed by atoms with van der Waals surface area (Å²) >= 11 is 0. The second kappa shape index (κ2) is 7.51. The molecule has 25 heavy (non-hydrogen) atoms. The van der Waals surface area contributed by atoms with Crippen molar-refractivity contribution in [1.29, 1.82) is 0 Å². The van der Waals surface area contributed by atoms with E-state index in [1.807, 2.05) is 0 Å². The van der Waals surface area contributed by atoms with Gasteiger partial charge in [-0.25, -0.2) is 12.8 Å². The summed E-state index contributed by atoms with van der Waals surface area (Å²) in [5.41, 5.74) is 6.71. The summed E-state index contributed by atoms with van der Waals surface area (Å²) in [7, 11) is -3.57. The summed E-state index contributed by atoms with van der Waals surface area (Å²) in [5, 5.41) is 3.22. The van der Waals surface area contributed by atoms with Crippen molar-refractivity contribution in [2.75, 3.05) is 25.4 Å². The Morgan fingerprint density at radius 3 is 2.64 bits per heavy atom. The number of anilines is 1. The molecule has 134 valence electrons. The molecule has 1 heterocycles. The SMILES string of the molecule is Nc1cccc(F)c1CCC1CNCCN1S(=O)(=O)c1ccccc1. The van der Waals surface area contributed by atoms with Gasteiger partial charge in [0.15, 0.2) is 0 Å². The van der Waals surface area contributed by atoms with Crippen LogP contribution in [0.5, 0.6) is 0 Å². The normalized spacial score (nSPS) is 19.0. The van der Waals surface area contributed by atoms with E-state index in [9.17, 15) is 12.8 Å². The minimum atomic E-state index is -3.57. The van der Waals surface area contributed by atoms with Crippen molar-refractivity contribution in [1.82, 2.24) is 9.62 Å². The molecule has 0 amide bonds. The van der Waals surface area contributed by atoms with Crippen LogP contribution in [0.25, 0.3) is 0 Å². The van der Waals surface area contributed by atoms with Crippen molar-refractivity contribution in [2.24, 2.45) is 0 Å². The summed E-state index contributed by atoms with van der Waals surface area (Å²) in [6, 6.07) is 12.8. The Bertz CT molecular complexity index is 807. The fourth-order valence-corrected chi connectivity index (χ4v) is 4.86. The molecule has 0 bridgehead atoms. The van der Waals surface area contributed by atoms with E-state index in [0.717, 1.165) is 0 Å². The first-order valence-corrected chi connectivity index (χ1v) is 9.74. The van der Waals surface area contributed by atoms with Crippen LogP contribution in [0.2, 0.25) is 0 Å². The number of halogens is 1. The summed E-state index contributed by atoms with van der Waals surface area (Å²) in [4.78, 5) is 0.285. The third kappa shape index (κ3) is 3.84. The first kappa shape index (κ1) is 17.8. The Kier molecular flexibility index (Phi) is 5.36. The van der Waals surface area contributed by atoms with Crippen LogP contribution in [0.4, 0.5) is 10.1 Å². The highest BCUT2D eigenvalue weighted by Gasteiger charge is 2.33. The number of benzene rings is 2. The van der Waals surface area contributed by atoms with E-state index >= 15 is 0 Å². The van der Waals surface area contributed by atoms with E-state index in [-0.39, 0.29) is 16.8 Å². The molecule has 7 heteroatoms. The highest BCUT2D eigenvalue weighted by Crippen LogP contribution is 2.24. The zero-order chi connectivity index (χ0) is 17.9. The summed E-state index contributed by atoms with van der Waals surface area (Å²) < 4.78 is 41.4. The van der Waals surface area contributed by atoms with E-state index in [1.165, 1.54) is 10.4 Å². The molecular weight excluding hydrogens is 341 g/mol. The number of rotatable bonds is 5. The highest BCUT2D eigenvalue weighted by atomic mass is 32.2. The predicted octanol–water partition coefficient (Wildman–Crippen LogP) is 2.00. The maximum atomic E-state index is 14.0. The topological polar surface area (TPSA) is 75.4 Å². The Morgan fingerprint density at radius 2 is 1.92 bits per heavy atom. The Balaban J connectivity index is 1.80. The molecule has 0 spiro atoms. The van der Waals surface area contributed by atoms with Crippen molar-refractivity contribution in [3.63, 3.8) is 0 Å². The highest BCUT2D eigenvalue weighted by molar-refractivity contribution is 7.89. The molecule has 2 aromatic rings. The smallest absolute Gasteiger partial charge is 0.243 e. The molecule has 5 nitrogen and oxygen atoms in total. The lowest BCUT2D eigenvalue weighted by Gasteiger charge is -2.35. The molecule has 0 aliphatic carbocycles. The number of nitrogen functional groups attached to an aromatic ring is 1. The average Bonchev–Trinajstić information content (AvgIpc) is 2.62. The molecule has 1 unspecified atom stereocenters. The Hall–Kier alpha value is -1.96. The molecule has 0 aromatic heterocycles. The first-order chi connectivity index (χ1) is 12.0. The number of hydrogen-bond acceptors (Lipinski definition) is 4. The lowest BCUT2D eigenvalue weighted by Crippen LogP contribution is -2.53. The number of nitrogens with one attached hydrogen (secondary N) is 1. The standard InChI is InChI=1S/C18H22FN3O2S/c19-17-7-4-8-18(20)16(17)10-9-14-13-21-11-12-22(14)25(23,24)15-5-2-1-3-6-15/h1-8,14,21H,9-13,20H2. The van der Waals surface area contributed by atoms with Crippen LogP contribution < -0.4 is 11.1 Å². The number of sulfonamides is 1. The van der Waals surface area contributed by atoms with Gasteiger partial charge in [0.2, 0.25) is 10.0 Å². The van der Waals surface area contributed by atoms with Crippen LogP contribution in [-0.4, -0.2) is 38.4 Å². The summed E-state index contributed by atoms with van der Waals surface area (Å²) in [5.74, 6) is -0.346. The third-order valence-electron chi connectivity index (χ3n) is 4.53. The fourth-order valence-electron chi connectivity index (χ4n) is 3.18. The lowest BCUT2D eigenvalue weighted by atomic mass is 10.0. The second-order valence-electron chi connectivity index (χ2n) is 6.13. The maximum absolute atomic E-state index is 14.0. The van der Waals surface area contributed by atoms with Gasteiger partial charge < -0.3 is 11.1 Å². The molecule has 2 aromatic carbocycles. The van der Waals surface area contributed by atoms with E-state index in [4.69, 9.17) is 5.73 Å². The monoisotopic (exact) mass is 363 g/mol. The van der Waals surface area contributed by atoms with Crippen LogP contribution >= 0.6 is 0 Å². The summed E-state index contributed by atoms with van der Waals surface area (Å²) in [6.45, 7) is 1.54. The Morgan fingerprint density at radius 1 is 1.16 bits per heavy atom. The number of piperazine rings is 1. The fraction of sp³-hybridized carbons (Fsp3) is 0.333. The molecule has 3 rings (SSSR count). The van der Waals surface area contributed by atoms with Crippen LogP contribution in [0.15, 0.2) is 53.4 Å². The van der Waals surface area contributed by atoms with Crippen LogP contribution in [0.1, 0.15) is 12.0 Å². The van der Waals surface area contributed by atoms with Gasteiger partial charge in [-0.1, -0.05) is 24.3 Å². The van der Waals surface area contributed by atoms with E-state index in [0.29, 0.717) is 43.7 Å². The minimum absolute atomic E-state index is 0.238. The molecule has 0 saturated carbocycles. The van der Waals surface area contributed by atoms with Gasteiger partial charge in [-0.05, 0) is 37.1 Å². The maximum Gasteiger partial charge on any atom is 0.243 e. The molecule has 0 radical (unpaired) electrons. The van der Waals surface area contributed by atoms with Gasteiger partial charge in [0, 0.05) is 36.9 Å². The molecule has 1 aliphatic rings. The van der Waals surface area contributed by atoms with Crippen LogP contribution in [-0.2, 0) is 16.4 Å². The first-order valence-electron chi connectivity index (χ1n) is 8.30. The van der Waals surface area contributed by atoms with Gasteiger partial charge >= 0.3 is 0 Å². The van der Waals surface area contributed by atoms with Crippen LogP contribution in [0, 0.1) is 5.82 Å². The van der Waals surface area contributed by atoms with Gasteiger partial charge in [0.1, 0.15) is 5.82 Å². The van der Waals surface area contributed by atoms with E-state index < -0.39 is 10.0 Å². The second-order valence-corrected chi connectivity index (χ2v) is 8.02. The zero-order valence-electron chi connectivity index (χ0n) is 13.9. The van der Waals surface area contributed by atoms with Gasteiger partial charge in [0.25, 0.3) is 0 Å². The predicted molar refractivity (Wildman–Crippen MR) is 96.1 cm³/mol. The summed E-state index contributed by atoms with van der Waals surface area (Å²) in [6.07, 6.45) is 0.899. The number of nitrogens with zero attached hydrogens (tertiary/aromatic N) is 1. The van der Waals surface area contributed by atoms with Gasteiger partial charge in [-0.2, -0.15) is 4.31 Å². The van der Waals surface area contributed by atoms with Crippen molar-refractivity contribution in [3.8, 4) is 0 Å². The van der Waals surface area contributed by atoms with Crippen molar-refractivity contribution in [2.45, 2.75) is 23.8 Å².